The number of para-hydroxylation sites is 1. The van der Waals surface area contributed by atoms with Crippen LogP contribution in [0.15, 0.2) is 29.2 Å². The minimum Gasteiger partial charge on any atom is -0.393 e. The summed E-state index contributed by atoms with van der Waals surface area (Å²) in [6, 6.07) is 6.68. The number of hydrogen-bond acceptors (Lipinski definition) is 5. The molecule has 8 heteroatoms. The molecular weight excluding hydrogens is 342 g/mol. The Hall–Kier alpha value is -1.48. The number of aliphatic hydroxyl groups excluding tert-OH is 1. The first-order valence-electron chi connectivity index (χ1n) is 8.66. The third kappa shape index (κ3) is 3.87. The molecule has 138 valence electrons. The van der Waals surface area contributed by atoms with Gasteiger partial charge in [0.25, 0.3) is 0 Å². The van der Waals surface area contributed by atoms with Gasteiger partial charge in [0.1, 0.15) is 4.90 Å². The van der Waals surface area contributed by atoms with Gasteiger partial charge in [0.05, 0.1) is 18.3 Å². The maximum Gasteiger partial charge on any atom is 0.245 e. The molecule has 1 amide bonds. The lowest BCUT2D eigenvalue weighted by Gasteiger charge is -2.30. The standard InChI is InChI=1S/C17H25N3O4S/c1-18-13-17(22)20(10-4-9-19-11-7-14(21)8-12-19)15-5-2-3-6-16(15)25(18,23)24/h2-3,5-6,14,21H,4,7-13H2,1H3. The van der Waals surface area contributed by atoms with E-state index in [1.54, 1.807) is 29.2 Å². The Morgan fingerprint density at radius 1 is 1.16 bits per heavy atom. The second-order valence-corrected chi connectivity index (χ2v) is 8.71. The topological polar surface area (TPSA) is 81.2 Å². The van der Waals surface area contributed by atoms with Crippen molar-refractivity contribution in [2.45, 2.75) is 30.3 Å². The zero-order chi connectivity index (χ0) is 18.0. The van der Waals surface area contributed by atoms with Gasteiger partial charge in [-0.15, -0.1) is 0 Å². The molecule has 7 nitrogen and oxygen atoms in total. The zero-order valence-electron chi connectivity index (χ0n) is 14.5. The van der Waals surface area contributed by atoms with Crippen LogP contribution in [0.3, 0.4) is 0 Å². The van der Waals surface area contributed by atoms with Crippen molar-refractivity contribution < 1.29 is 18.3 Å². The number of likely N-dealkylation sites (N-methyl/N-ethyl adjacent to an activating group) is 1. The Bertz CT molecular complexity index is 729. The van der Waals surface area contributed by atoms with Crippen molar-refractivity contribution >= 4 is 21.6 Å². The highest BCUT2D eigenvalue weighted by Gasteiger charge is 2.34. The molecule has 0 spiro atoms. The van der Waals surface area contributed by atoms with Crippen LogP contribution in [0.5, 0.6) is 0 Å². The highest BCUT2D eigenvalue weighted by atomic mass is 32.2. The fourth-order valence-corrected chi connectivity index (χ4v) is 4.71. The normalized spacial score (nSPS) is 22.6. The van der Waals surface area contributed by atoms with E-state index in [-0.39, 0.29) is 23.5 Å². The number of rotatable bonds is 4. The maximum absolute atomic E-state index is 12.6. The second kappa shape index (κ2) is 7.41. The smallest absolute Gasteiger partial charge is 0.245 e. The molecular formula is C17H25N3O4S. The number of anilines is 1. The van der Waals surface area contributed by atoms with Crippen LogP contribution in [0.1, 0.15) is 19.3 Å². The van der Waals surface area contributed by atoms with E-state index < -0.39 is 10.0 Å². The van der Waals surface area contributed by atoms with E-state index in [1.807, 2.05) is 0 Å². The minimum atomic E-state index is -3.64. The van der Waals surface area contributed by atoms with Gasteiger partial charge in [0, 0.05) is 26.7 Å². The third-order valence-electron chi connectivity index (χ3n) is 4.92. The SMILES string of the molecule is CN1CC(=O)N(CCCN2CCC(O)CC2)c2ccccc2S1(=O)=O. The molecule has 0 saturated carbocycles. The highest BCUT2D eigenvalue weighted by Crippen LogP contribution is 2.30. The van der Waals surface area contributed by atoms with E-state index in [4.69, 9.17) is 0 Å². The molecule has 0 atom stereocenters. The molecule has 1 aromatic rings. The van der Waals surface area contributed by atoms with E-state index in [0.29, 0.717) is 12.2 Å². The summed E-state index contributed by atoms with van der Waals surface area (Å²) in [5.41, 5.74) is 0.464. The van der Waals surface area contributed by atoms with Gasteiger partial charge >= 0.3 is 0 Å². The summed E-state index contributed by atoms with van der Waals surface area (Å²) < 4.78 is 26.3. The maximum atomic E-state index is 12.6. The van der Waals surface area contributed by atoms with Gasteiger partial charge in [-0.25, -0.2) is 8.42 Å². The molecule has 1 saturated heterocycles. The molecule has 2 aliphatic rings. The van der Waals surface area contributed by atoms with Crippen LogP contribution < -0.4 is 4.90 Å². The average molecular weight is 367 g/mol. The van der Waals surface area contributed by atoms with Crippen LogP contribution in [0.4, 0.5) is 5.69 Å². The Morgan fingerprint density at radius 3 is 2.56 bits per heavy atom. The van der Waals surface area contributed by atoms with Gasteiger partial charge < -0.3 is 14.9 Å². The van der Waals surface area contributed by atoms with Gasteiger partial charge in [0.2, 0.25) is 15.9 Å². The van der Waals surface area contributed by atoms with Crippen molar-refractivity contribution in [2.75, 3.05) is 44.7 Å². The summed E-state index contributed by atoms with van der Waals surface area (Å²) in [4.78, 5) is 16.6. The van der Waals surface area contributed by atoms with Gasteiger partial charge in [-0.3, -0.25) is 4.79 Å². The van der Waals surface area contributed by atoms with Gasteiger partial charge in [-0.2, -0.15) is 4.31 Å². The summed E-state index contributed by atoms with van der Waals surface area (Å²) >= 11 is 0. The average Bonchev–Trinajstić information content (AvgIpc) is 2.66. The van der Waals surface area contributed by atoms with E-state index in [0.717, 1.165) is 43.2 Å². The lowest BCUT2D eigenvalue weighted by Crippen LogP contribution is -2.40. The summed E-state index contributed by atoms with van der Waals surface area (Å²) in [5, 5.41) is 9.56. The zero-order valence-corrected chi connectivity index (χ0v) is 15.3. The number of likely N-dealkylation sites (tertiary alicyclic amines) is 1. The summed E-state index contributed by atoms with van der Waals surface area (Å²) in [6.07, 6.45) is 2.14. The molecule has 2 heterocycles. The van der Waals surface area contributed by atoms with E-state index in [2.05, 4.69) is 4.90 Å². The predicted octanol–water partition coefficient (Wildman–Crippen LogP) is 0.501. The van der Waals surface area contributed by atoms with Crippen molar-refractivity contribution in [2.24, 2.45) is 0 Å². The fourth-order valence-electron chi connectivity index (χ4n) is 3.40. The quantitative estimate of drug-likeness (QED) is 0.838. The van der Waals surface area contributed by atoms with Crippen molar-refractivity contribution in [1.29, 1.82) is 0 Å². The number of nitrogens with zero attached hydrogens (tertiary/aromatic N) is 3. The van der Waals surface area contributed by atoms with Crippen LogP contribution in [0.25, 0.3) is 0 Å². The molecule has 0 radical (unpaired) electrons. The third-order valence-corrected chi connectivity index (χ3v) is 6.77. The number of benzene rings is 1. The van der Waals surface area contributed by atoms with Crippen LogP contribution in [-0.4, -0.2) is 74.5 Å². The minimum absolute atomic E-state index is 0.146. The molecule has 25 heavy (non-hydrogen) atoms. The monoisotopic (exact) mass is 367 g/mol. The first kappa shape index (κ1) is 18.3. The Labute approximate surface area is 148 Å². The number of piperidine rings is 1. The predicted molar refractivity (Wildman–Crippen MR) is 94.9 cm³/mol. The molecule has 0 unspecified atom stereocenters. The Kier molecular flexibility index (Phi) is 5.43. The molecule has 1 N–H and O–H groups in total. The second-order valence-electron chi connectivity index (χ2n) is 6.70. The van der Waals surface area contributed by atoms with Crippen molar-refractivity contribution in [1.82, 2.24) is 9.21 Å². The Morgan fingerprint density at radius 2 is 1.84 bits per heavy atom. The van der Waals surface area contributed by atoms with Crippen LogP contribution >= 0.6 is 0 Å². The summed E-state index contributed by atoms with van der Waals surface area (Å²) in [6.45, 7) is 2.90. The molecule has 1 fully saturated rings. The number of carbonyl (C=O) groups excluding carboxylic acids is 1. The number of aliphatic hydroxyl groups is 1. The summed E-state index contributed by atoms with van der Waals surface area (Å²) in [5.74, 6) is -0.204. The highest BCUT2D eigenvalue weighted by molar-refractivity contribution is 7.89. The number of hydrogen-bond donors (Lipinski definition) is 1. The van der Waals surface area contributed by atoms with Crippen molar-refractivity contribution in [3.63, 3.8) is 0 Å². The van der Waals surface area contributed by atoms with E-state index in [1.165, 1.54) is 7.05 Å². The first-order valence-corrected chi connectivity index (χ1v) is 10.1. The number of fused-ring (bicyclic) bond motifs is 1. The largest absolute Gasteiger partial charge is 0.393 e. The van der Waals surface area contributed by atoms with Gasteiger partial charge in [-0.05, 0) is 37.9 Å². The molecule has 3 rings (SSSR count). The number of sulfonamides is 1. The molecule has 2 aliphatic heterocycles. The van der Waals surface area contributed by atoms with Crippen LogP contribution in [-0.2, 0) is 14.8 Å². The molecule has 0 aliphatic carbocycles. The molecule has 1 aromatic carbocycles. The fraction of sp³-hybridized carbons (Fsp3) is 0.588. The number of carbonyl (C=O) groups is 1. The van der Waals surface area contributed by atoms with Gasteiger partial charge in [-0.1, -0.05) is 12.1 Å². The molecule has 0 aromatic heterocycles. The van der Waals surface area contributed by atoms with E-state index >= 15 is 0 Å². The molecule has 0 bridgehead atoms. The lowest BCUT2D eigenvalue weighted by atomic mass is 10.1. The summed E-state index contributed by atoms with van der Waals surface area (Å²) in [7, 11) is -2.21. The van der Waals surface area contributed by atoms with Crippen LogP contribution in [0, 0.1) is 0 Å². The van der Waals surface area contributed by atoms with Crippen molar-refractivity contribution in [3.8, 4) is 0 Å². The number of amides is 1. The van der Waals surface area contributed by atoms with Crippen molar-refractivity contribution in [3.05, 3.63) is 24.3 Å². The van der Waals surface area contributed by atoms with E-state index in [9.17, 15) is 18.3 Å². The Balaban J connectivity index is 1.73. The first-order chi connectivity index (χ1) is 11.9. The van der Waals surface area contributed by atoms with Gasteiger partial charge in [0.15, 0.2) is 0 Å². The lowest BCUT2D eigenvalue weighted by molar-refractivity contribution is -0.118. The van der Waals surface area contributed by atoms with Crippen LogP contribution in [0.2, 0.25) is 0 Å².